The van der Waals surface area contributed by atoms with Crippen molar-refractivity contribution in [3.8, 4) is 0 Å². The summed E-state index contributed by atoms with van der Waals surface area (Å²) in [5.41, 5.74) is 1.93. The SMILES string of the molecule is C[C@H]1[C@@H](O)[C@H](C)O[C@@H]1[C@H](C)O.Cc1ncnc2[nH]ccc12. The summed E-state index contributed by atoms with van der Waals surface area (Å²) in [6.07, 6.45) is 2.14. The molecular formula is C15H23N3O3. The highest BCUT2D eigenvalue weighted by Crippen LogP contribution is 2.28. The van der Waals surface area contributed by atoms with E-state index in [0.29, 0.717) is 0 Å². The van der Waals surface area contributed by atoms with E-state index in [1.165, 1.54) is 0 Å². The Morgan fingerprint density at radius 1 is 1.33 bits per heavy atom. The van der Waals surface area contributed by atoms with Gasteiger partial charge >= 0.3 is 0 Å². The van der Waals surface area contributed by atoms with Crippen molar-refractivity contribution in [2.75, 3.05) is 0 Å². The second-order valence-electron chi connectivity index (χ2n) is 5.60. The lowest BCUT2D eigenvalue weighted by Gasteiger charge is -2.17. The molecule has 0 aliphatic carbocycles. The Hall–Kier alpha value is -1.50. The van der Waals surface area contributed by atoms with E-state index in [1.807, 2.05) is 33.0 Å². The van der Waals surface area contributed by atoms with Crippen LogP contribution in [0.5, 0.6) is 0 Å². The Kier molecular flexibility index (Phi) is 4.92. The van der Waals surface area contributed by atoms with Gasteiger partial charge in [-0.05, 0) is 26.8 Å². The number of aliphatic hydroxyl groups is 2. The van der Waals surface area contributed by atoms with E-state index in [4.69, 9.17) is 4.74 Å². The van der Waals surface area contributed by atoms with E-state index in [1.54, 1.807) is 13.3 Å². The molecule has 3 N–H and O–H groups in total. The number of H-pyrrole nitrogens is 1. The van der Waals surface area contributed by atoms with E-state index in [0.717, 1.165) is 16.7 Å². The second kappa shape index (κ2) is 6.51. The molecule has 0 saturated carbocycles. The van der Waals surface area contributed by atoms with Crippen molar-refractivity contribution in [2.24, 2.45) is 5.92 Å². The highest BCUT2D eigenvalue weighted by Gasteiger charge is 2.40. The first-order valence-electron chi connectivity index (χ1n) is 7.18. The zero-order valence-electron chi connectivity index (χ0n) is 12.8. The first-order chi connectivity index (χ1) is 9.91. The summed E-state index contributed by atoms with van der Waals surface area (Å²) in [7, 11) is 0. The van der Waals surface area contributed by atoms with Gasteiger partial charge in [0, 0.05) is 17.5 Å². The molecule has 0 aromatic carbocycles. The predicted octanol–water partition coefficient (Wildman–Crippen LogP) is 1.42. The fourth-order valence-electron chi connectivity index (χ4n) is 2.63. The number of rotatable bonds is 1. The minimum Gasteiger partial charge on any atom is -0.391 e. The minimum absolute atomic E-state index is 0.0324. The Labute approximate surface area is 124 Å². The van der Waals surface area contributed by atoms with Crippen LogP contribution in [0.25, 0.3) is 11.0 Å². The first kappa shape index (κ1) is 15.9. The number of aromatic nitrogens is 3. The fraction of sp³-hybridized carbons (Fsp3) is 0.600. The number of aromatic amines is 1. The molecule has 3 rings (SSSR count). The normalized spacial score (nSPS) is 30.0. The van der Waals surface area contributed by atoms with Gasteiger partial charge in [-0.2, -0.15) is 0 Å². The Balaban J connectivity index is 0.000000154. The molecule has 1 aliphatic heterocycles. The van der Waals surface area contributed by atoms with Gasteiger partial charge in [0.2, 0.25) is 0 Å². The molecule has 6 nitrogen and oxygen atoms in total. The Bertz CT molecular complexity index is 584. The van der Waals surface area contributed by atoms with Gasteiger partial charge in [0.05, 0.1) is 30.1 Å². The first-order valence-corrected chi connectivity index (χ1v) is 7.18. The maximum atomic E-state index is 9.45. The molecule has 6 heteroatoms. The molecule has 116 valence electrons. The van der Waals surface area contributed by atoms with Gasteiger partial charge in [0.25, 0.3) is 0 Å². The van der Waals surface area contributed by atoms with Crippen molar-refractivity contribution in [1.29, 1.82) is 0 Å². The summed E-state index contributed by atoms with van der Waals surface area (Å²) in [6, 6.07) is 1.98. The molecule has 21 heavy (non-hydrogen) atoms. The number of aryl methyl sites for hydroxylation is 1. The van der Waals surface area contributed by atoms with Crippen LogP contribution in [-0.2, 0) is 4.74 Å². The molecule has 3 heterocycles. The summed E-state index contributed by atoms with van der Waals surface area (Å²) >= 11 is 0. The van der Waals surface area contributed by atoms with E-state index in [-0.39, 0.29) is 18.1 Å². The lowest BCUT2D eigenvalue weighted by atomic mass is 9.96. The van der Waals surface area contributed by atoms with E-state index < -0.39 is 12.2 Å². The molecule has 0 spiro atoms. The smallest absolute Gasteiger partial charge is 0.140 e. The quantitative estimate of drug-likeness (QED) is 0.739. The van der Waals surface area contributed by atoms with Crippen molar-refractivity contribution in [2.45, 2.75) is 52.1 Å². The van der Waals surface area contributed by atoms with Gasteiger partial charge in [-0.25, -0.2) is 9.97 Å². The molecule has 0 bridgehead atoms. The standard InChI is InChI=1S/C8H16O3.C7H7N3/c1-4-7(10)6(3)11-8(4)5(2)9;1-5-6-2-3-8-7(6)10-4-9-5/h4-10H,1-3H3;2-4H,1H3,(H,8,9,10)/t4-,5-,6-,7+,8-;/m0./s1. The summed E-state index contributed by atoms with van der Waals surface area (Å²) < 4.78 is 5.35. The highest BCUT2D eigenvalue weighted by molar-refractivity contribution is 5.77. The molecule has 1 fully saturated rings. The molecule has 1 aliphatic rings. The van der Waals surface area contributed by atoms with E-state index in [9.17, 15) is 10.2 Å². The van der Waals surface area contributed by atoms with Crippen molar-refractivity contribution >= 4 is 11.0 Å². The molecule has 2 aromatic rings. The van der Waals surface area contributed by atoms with Crippen LogP contribution in [0.3, 0.4) is 0 Å². The average molecular weight is 293 g/mol. The molecular weight excluding hydrogens is 270 g/mol. The molecule has 0 amide bonds. The summed E-state index contributed by atoms with van der Waals surface area (Å²) in [5, 5.41) is 19.8. The maximum absolute atomic E-state index is 9.45. The van der Waals surface area contributed by atoms with Crippen LogP contribution in [0.15, 0.2) is 18.6 Å². The van der Waals surface area contributed by atoms with Crippen LogP contribution in [0.4, 0.5) is 0 Å². The molecule has 5 atom stereocenters. The number of hydrogen-bond acceptors (Lipinski definition) is 5. The van der Waals surface area contributed by atoms with Crippen LogP contribution in [0.2, 0.25) is 0 Å². The summed E-state index contributed by atoms with van der Waals surface area (Å²) in [6.45, 7) is 7.37. The van der Waals surface area contributed by atoms with Gasteiger partial charge in [-0.3, -0.25) is 0 Å². The third kappa shape index (κ3) is 3.40. The predicted molar refractivity (Wildman–Crippen MR) is 79.8 cm³/mol. The maximum Gasteiger partial charge on any atom is 0.140 e. The zero-order chi connectivity index (χ0) is 15.6. The highest BCUT2D eigenvalue weighted by atomic mass is 16.5. The van der Waals surface area contributed by atoms with Gasteiger partial charge in [0.1, 0.15) is 12.0 Å². The third-order valence-corrected chi connectivity index (χ3v) is 3.94. The number of aliphatic hydroxyl groups excluding tert-OH is 2. The van der Waals surface area contributed by atoms with Gasteiger partial charge in [0.15, 0.2) is 0 Å². The van der Waals surface area contributed by atoms with Crippen LogP contribution in [0, 0.1) is 12.8 Å². The number of nitrogens with one attached hydrogen (secondary N) is 1. The second-order valence-corrected chi connectivity index (χ2v) is 5.60. The van der Waals surface area contributed by atoms with Gasteiger partial charge < -0.3 is 19.9 Å². The van der Waals surface area contributed by atoms with Crippen molar-refractivity contribution in [1.82, 2.24) is 15.0 Å². The largest absolute Gasteiger partial charge is 0.391 e. The average Bonchev–Trinajstić information content (AvgIpc) is 3.01. The summed E-state index contributed by atoms with van der Waals surface area (Å²) in [4.78, 5) is 11.1. The number of hydrogen-bond donors (Lipinski definition) is 3. The van der Waals surface area contributed by atoms with Crippen LogP contribution in [-0.4, -0.2) is 49.6 Å². The van der Waals surface area contributed by atoms with Crippen molar-refractivity contribution in [3.63, 3.8) is 0 Å². The summed E-state index contributed by atoms with van der Waals surface area (Å²) in [5.74, 6) is 0.0324. The monoisotopic (exact) mass is 293 g/mol. The van der Waals surface area contributed by atoms with Crippen molar-refractivity contribution in [3.05, 3.63) is 24.3 Å². The Morgan fingerprint density at radius 3 is 2.52 bits per heavy atom. The number of fused-ring (bicyclic) bond motifs is 1. The molecule has 0 unspecified atom stereocenters. The van der Waals surface area contributed by atoms with Crippen LogP contribution < -0.4 is 0 Å². The molecule has 2 aromatic heterocycles. The van der Waals surface area contributed by atoms with Gasteiger partial charge in [-0.1, -0.05) is 6.92 Å². The third-order valence-electron chi connectivity index (χ3n) is 3.94. The fourth-order valence-corrected chi connectivity index (χ4v) is 2.63. The lowest BCUT2D eigenvalue weighted by molar-refractivity contribution is -0.0357. The van der Waals surface area contributed by atoms with E-state index >= 15 is 0 Å². The van der Waals surface area contributed by atoms with Crippen molar-refractivity contribution < 1.29 is 14.9 Å². The molecule has 1 saturated heterocycles. The topological polar surface area (TPSA) is 91.3 Å². The number of nitrogens with zero attached hydrogens (tertiary/aromatic N) is 2. The zero-order valence-corrected chi connectivity index (χ0v) is 12.8. The van der Waals surface area contributed by atoms with Crippen LogP contribution in [0.1, 0.15) is 26.5 Å². The molecule has 0 radical (unpaired) electrons. The van der Waals surface area contributed by atoms with Gasteiger partial charge in [-0.15, -0.1) is 0 Å². The van der Waals surface area contributed by atoms with Crippen LogP contribution >= 0.6 is 0 Å². The number of ether oxygens (including phenoxy) is 1. The van der Waals surface area contributed by atoms with E-state index in [2.05, 4.69) is 15.0 Å². The Morgan fingerprint density at radius 2 is 2.05 bits per heavy atom. The lowest BCUT2D eigenvalue weighted by Crippen LogP contribution is -2.30. The minimum atomic E-state index is -0.496.